The standard InChI is InChI=1S/C47H55N5O7/c1-30(51(6)46(58)59-47(2,3)4)42(53)49-40(26-31-20-24-37(25-21-31)50(5)28-32-18-22-34(23-19-32)45(56)57)44(55)52-29-36-14-8-7-13-35(36)27-41(52)43(54)48-39-17-11-15-33-12-9-10-16-38(33)39/h7-10,12-14,16,18-25,30,39-41H,11,15,17,26-29H2,1-6H3,(H,48,54)(H,49,53)(H,56,57)/t30?,39-,40?,41?/m1/s1. The molecule has 1 aliphatic heterocycles. The number of nitrogens with one attached hydrogen (secondary N) is 2. The van der Waals surface area contributed by atoms with E-state index in [0.717, 1.165) is 52.8 Å². The monoisotopic (exact) mass is 801 g/mol. The van der Waals surface area contributed by atoms with E-state index in [0.29, 0.717) is 13.0 Å². The Bertz CT molecular complexity index is 2160. The average Bonchev–Trinajstić information content (AvgIpc) is 3.22. The Hall–Kier alpha value is -6.17. The van der Waals surface area contributed by atoms with Crippen molar-refractivity contribution in [1.82, 2.24) is 20.4 Å². The van der Waals surface area contributed by atoms with E-state index in [2.05, 4.69) is 22.8 Å². The summed E-state index contributed by atoms with van der Waals surface area (Å²) in [6.07, 6.45) is 2.46. The summed E-state index contributed by atoms with van der Waals surface area (Å²) in [6.45, 7) is 7.54. The Morgan fingerprint density at radius 3 is 2.14 bits per heavy atom. The van der Waals surface area contributed by atoms with Crippen LogP contribution in [0.4, 0.5) is 10.5 Å². The number of rotatable bonds is 12. The summed E-state index contributed by atoms with van der Waals surface area (Å²) in [7, 11) is 3.41. The largest absolute Gasteiger partial charge is 0.478 e. The second-order valence-electron chi connectivity index (χ2n) is 16.7. The van der Waals surface area contributed by atoms with Gasteiger partial charge in [0.15, 0.2) is 0 Å². The van der Waals surface area contributed by atoms with Crippen molar-refractivity contribution in [1.29, 1.82) is 0 Å². The fourth-order valence-corrected chi connectivity index (χ4v) is 7.76. The molecule has 0 spiro atoms. The van der Waals surface area contributed by atoms with E-state index in [-0.39, 0.29) is 30.5 Å². The van der Waals surface area contributed by atoms with Crippen LogP contribution >= 0.6 is 0 Å². The highest BCUT2D eigenvalue weighted by molar-refractivity contribution is 5.94. The van der Waals surface area contributed by atoms with Crippen LogP contribution in [0.15, 0.2) is 97.1 Å². The zero-order chi connectivity index (χ0) is 42.4. The number of anilines is 1. The lowest BCUT2D eigenvalue weighted by molar-refractivity contribution is -0.145. The van der Waals surface area contributed by atoms with E-state index in [9.17, 15) is 29.1 Å². The molecule has 6 rings (SSSR count). The van der Waals surface area contributed by atoms with Crippen molar-refractivity contribution < 1.29 is 33.8 Å². The molecule has 0 saturated carbocycles. The van der Waals surface area contributed by atoms with Crippen LogP contribution < -0.4 is 15.5 Å². The Labute approximate surface area is 346 Å². The molecule has 0 saturated heterocycles. The third-order valence-electron chi connectivity index (χ3n) is 11.2. The summed E-state index contributed by atoms with van der Waals surface area (Å²) in [4.78, 5) is 72.4. The topological polar surface area (TPSA) is 149 Å². The van der Waals surface area contributed by atoms with Gasteiger partial charge >= 0.3 is 12.1 Å². The van der Waals surface area contributed by atoms with Crippen LogP contribution in [0.1, 0.15) is 90.3 Å². The maximum Gasteiger partial charge on any atom is 0.410 e. The first-order chi connectivity index (χ1) is 28.1. The molecule has 59 heavy (non-hydrogen) atoms. The van der Waals surface area contributed by atoms with Crippen molar-refractivity contribution in [3.63, 3.8) is 0 Å². The molecule has 310 valence electrons. The Morgan fingerprint density at radius 2 is 1.47 bits per heavy atom. The molecule has 0 fully saturated rings. The molecule has 12 nitrogen and oxygen atoms in total. The average molecular weight is 802 g/mol. The molecule has 4 aromatic rings. The van der Waals surface area contributed by atoms with E-state index in [1.165, 1.54) is 17.5 Å². The Morgan fingerprint density at radius 1 is 0.847 bits per heavy atom. The summed E-state index contributed by atoms with van der Waals surface area (Å²) < 4.78 is 5.51. The van der Waals surface area contributed by atoms with Crippen molar-refractivity contribution >= 4 is 35.5 Å². The molecule has 4 amide bonds. The van der Waals surface area contributed by atoms with Crippen LogP contribution in [0.2, 0.25) is 0 Å². The minimum Gasteiger partial charge on any atom is -0.478 e. The predicted molar refractivity (Wildman–Crippen MR) is 226 cm³/mol. The number of amides is 4. The summed E-state index contributed by atoms with van der Waals surface area (Å²) in [5.41, 5.74) is 6.29. The number of carboxylic acids is 1. The fraction of sp³-hybridized carbons (Fsp3) is 0.383. The summed E-state index contributed by atoms with van der Waals surface area (Å²) in [5.74, 6) is -2.18. The number of carbonyl (C=O) groups is 5. The van der Waals surface area contributed by atoms with Gasteiger partial charge in [-0.15, -0.1) is 0 Å². The maximum atomic E-state index is 15.0. The lowest BCUT2D eigenvalue weighted by Gasteiger charge is -2.39. The zero-order valence-electron chi connectivity index (χ0n) is 34.7. The molecule has 0 radical (unpaired) electrons. The molecule has 4 atom stereocenters. The van der Waals surface area contributed by atoms with Gasteiger partial charge in [-0.2, -0.15) is 0 Å². The van der Waals surface area contributed by atoms with Gasteiger partial charge in [0.1, 0.15) is 23.7 Å². The summed E-state index contributed by atoms with van der Waals surface area (Å²) >= 11 is 0. The van der Waals surface area contributed by atoms with Crippen LogP contribution in [0.25, 0.3) is 0 Å². The molecule has 3 unspecified atom stereocenters. The van der Waals surface area contributed by atoms with Crippen LogP contribution in [-0.4, -0.2) is 82.5 Å². The van der Waals surface area contributed by atoms with Gasteiger partial charge in [0.25, 0.3) is 0 Å². The first-order valence-electron chi connectivity index (χ1n) is 20.2. The third kappa shape index (κ3) is 10.5. The van der Waals surface area contributed by atoms with E-state index in [1.807, 2.05) is 72.6 Å². The number of aryl methyl sites for hydroxylation is 1. The second kappa shape index (κ2) is 18.2. The number of aromatic carboxylic acids is 1. The van der Waals surface area contributed by atoms with E-state index >= 15 is 0 Å². The molecule has 1 heterocycles. The zero-order valence-corrected chi connectivity index (χ0v) is 34.7. The number of likely N-dealkylation sites (N-methyl/N-ethyl adjacent to an activating group) is 1. The summed E-state index contributed by atoms with van der Waals surface area (Å²) in [6, 6.07) is 27.3. The van der Waals surface area contributed by atoms with Crippen LogP contribution in [0.3, 0.4) is 0 Å². The minimum absolute atomic E-state index is 0.122. The highest BCUT2D eigenvalue weighted by Crippen LogP contribution is 2.31. The molecule has 0 bridgehead atoms. The number of ether oxygens (including phenoxy) is 1. The van der Waals surface area contributed by atoms with Crippen LogP contribution in [0, 0.1) is 0 Å². The molecular formula is C47H55N5O7. The smallest absolute Gasteiger partial charge is 0.410 e. The molecule has 12 heteroatoms. The van der Waals surface area contributed by atoms with Gasteiger partial charge in [-0.05, 0) is 105 Å². The van der Waals surface area contributed by atoms with Gasteiger partial charge in [0.2, 0.25) is 17.7 Å². The predicted octanol–water partition coefficient (Wildman–Crippen LogP) is 6.45. The van der Waals surface area contributed by atoms with E-state index < -0.39 is 47.6 Å². The lowest BCUT2D eigenvalue weighted by Crippen LogP contribution is -2.60. The van der Waals surface area contributed by atoms with Gasteiger partial charge in [-0.1, -0.05) is 72.8 Å². The first-order valence-corrected chi connectivity index (χ1v) is 20.2. The molecule has 1 aliphatic carbocycles. The van der Waals surface area contributed by atoms with Crippen LogP contribution in [0.5, 0.6) is 0 Å². The normalized spacial score (nSPS) is 17.0. The van der Waals surface area contributed by atoms with Gasteiger partial charge in [0.05, 0.1) is 11.6 Å². The molecule has 3 N–H and O–H groups in total. The van der Waals surface area contributed by atoms with Gasteiger partial charge < -0.3 is 30.3 Å². The second-order valence-corrected chi connectivity index (χ2v) is 16.7. The number of carbonyl (C=O) groups excluding carboxylic acids is 4. The number of nitrogens with zero attached hydrogens (tertiary/aromatic N) is 3. The first kappa shape index (κ1) is 42.4. The number of hydrogen-bond donors (Lipinski definition) is 3. The Balaban J connectivity index is 1.26. The lowest BCUT2D eigenvalue weighted by atomic mass is 9.87. The minimum atomic E-state index is -1.08. The molecular weight excluding hydrogens is 747 g/mol. The third-order valence-corrected chi connectivity index (χ3v) is 11.2. The number of benzene rings is 4. The SMILES string of the molecule is CC(C(=O)NC(Cc1ccc(N(C)Cc2ccc(C(=O)O)cc2)cc1)C(=O)N1Cc2ccccc2CC1C(=O)N[C@@H]1CCCc2ccccc21)N(C)C(=O)OC(C)(C)C. The van der Waals surface area contributed by atoms with E-state index in [4.69, 9.17) is 4.74 Å². The maximum absolute atomic E-state index is 15.0. The molecule has 0 aromatic heterocycles. The summed E-state index contributed by atoms with van der Waals surface area (Å²) in [5, 5.41) is 15.5. The fourth-order valence-electron chi connectivity index (χ4n) is 7.76. The van der Waals surface area contributed by atoms with Crippen molar-refractivity contribution in [3.05, 3.63) is 136 Å². The quantitative estimate of drug-likeness (QED) is 0.148. The van der Waals surface area contributed by atoms with Crippen LogP contribution in [-0.2, 0) is 51.5 Å². The molecule has 2 aliphatic rings. The van der Waals surface area contributed by atoms with Gasteiger partial charge in [-0.3, -0.25) is 19.3 Å². The highest BCUT2D eigenvalue weighted by Gasteiger charge is 2.40. The van der Waals surface area contributed by atoms with Crippen molar-refractivity contribution in [3.8, 4) is 0 Å². The number of hydrogen-bond acceptors (Lipinski definition) is 7. The highest BCUT2D eigenvalue weighted by atomic mass is 16.6. The van der Waals surface area contributed by atoms with Gasteiger partial charge in [-0.25, -0.2) is 9.59 Å². The van der Waals surface area contributed by atoms with Gasteiger partial charge in [0, 0.05) is 45.7 Å². The molecule has 4 aromatic carbocycles. The van der Waals surface area contributed by atoms with Crippen molar-refractivity contribution in [2.24, 2.45) is 0 Å². The van der Waals surface area contributed by atoms with Crippen molar-refractivity contribution in [2.45, 2.75) is 103 Å². The number of fused-ring (bicyclic) bond motifs is 2. The van der Waals surface area contributed by atoms with Crippen molar-refractivity contribution in [2.75, 3.05) is 19.0 Å². The Kier molecular flexibility index (Phi) is 13.1. The number of carboxylic acid groups (broad SMARTS) is 1. The van der Waals surface area contributed by atoms with E-state index in [1.54, 1.807) is 56.9 Å².